The SMILES string of the molecule is CCOC(=O)N1CCN(C(=O)C(=O)NC(C)C2CC3CCC2C3)CC1. The number of hydrogen-bond donors (Lipinski definition) is 1. The average molecular weight is 351 g/mol. The largest absolute Gasteiger partial charge is 0.450 e. The van der Waals surface area contributed by atoms with Crippen LogP contribution in [0.5, 0.6) is 0 Å². The van der Waals surface area contributed by atoms with Gasteiger partial charge in [-0.05, 0) is 50.9 Å². The summed E-state index contributed by atoms with van der Waals surface area (Å²) in [6, 6.07) is 0.0487. The Morgan fingerprint density at radius 3 is 2.32 bits per heavy atom. The van der Waals surface area contributed by atoms with Crippen LogP contribution in [0, 0.1) is 17.8 Å². The monoisotopic (exact) mass is 351 g/mol. The highest BCUT2D eigenvalue weighted by molar-refractivity contribution is 6.35. The molecule has 0 radical (unpaired) electrons. The summed E-state index contributed by atoms with van der Waals surface area (Å²) in [5, 5.41) is 2.92. The topological polar surface area (TPSA) is 79.0 Å². The lowest BCUT2D eigenvalue weighted by Crippen LogP contribution is -2.55. The molecular formula is C18H29N3O4. The van der Waals surface area contributed by atoms with E-state index in [1.54, 1.807) is 11.8 Å². The molecule has 4 unspecified atom stereocenters. The number of piperazine rings is 1. The standard InChI is InChI=1S/C18H29N3O4/c1-3-25-18(24)21-8-6-20(7-9-21)17(23)16(22)19-12(2)15-11-13-4-5-14(15)10-13/h12-15H,3-11H2,1-2H3,(H,19,22). The number of hydrogen-bond acceptors (Lipinski definition) is 4. The molecule has 7 nitrogen and oxygen atoms in total. The van der Waals surface area contributed by atoms with Crippen molar-refractivity contribution in [1.82, 2.24) is 15.1 Å². The van der Waals surface area contributed by atoms with E-state index in [-0.39, 0.29) is 12.1 Å². The minimum Gasteiger partial charge on any atom is -0.450 e. The molecule has 3 aliphatic rings. The first kappa shape index (κ1) is 18.0. The van der Waals surface area contributed by atoms with Gasteiger partial charge >= 0.3 is 17.9 Å². The molecule has 0 aromatic heterocycles. The zero-order valence-corrected chi connectivity index (χ0v) is 15.2. The van der Waals surface area contributed by atoms with E-state index >= 15 is 0 Å². The predicted octanol–water partition coefficient (Wildman–Crippen LogP) is 1.23. The Balaban J connectivity index is 1.45. The van der Waals surface area contributed by atoms with Crippen molar-refractivity contribution in [2.45, 2.75) is 45.6 Å². The van der Waals surface area contributed by atoms with Gasteiger partial charge in [0, 0.05) is 32.2 Å². The number of amides is 3. The fraction of sp³-hybridized carbons (Fsp3) is 0.833. The number of fused-ring (bicyclic) bond motifs is 2. The molecule has 3 rings (SSSR count). The number of nitrogens with zero attached hydrogens (tertiary/aromatic N) is 2. The minimum atomic E-state index is -0.514. The molecule has 2 bridgehead atoms. The van der Waals surface area contributed by atoms with E-state index in [1.807, 2.05) is 6.92 Å². The first-order valence-electron chi connectivity index (χ1n) is 9.51. The molecule has 1 aliphatic heterocycles. The van der Waals surface area contributed by atoms with Crippen LogP contribution in [0.3, 0.4) is 0 Å². The van der Waals surface area contributed by atoms with E-state index in [4.69, 9.17) is 4.74 Å². The van der Waals surface area contributed by atoms with Crippen molar-refractivity contribution >= 4 is 17.9 Å². The van der Waals surface area contributed by atoms with Crippen LogP contribution in [0.25, 0.3) is 0 Å². The van der Waals surface area contributed by atoms with Crippen LogP contribution >= 0.6 is 0 Å². The second-order valence-corrected chi connectivity index (χ2v) is 7.58. The van der Waals surface area contributed by atoms with Crippen LogP contribution in [0.4, 0.5) is 4.79 Å². The van der Waals surface area contributed by atoms with Gasteiger partial charge in [0.05, 0.1) is 6.61 Å². The summed E-state index contributed by atoms with van der Waals surface area (Å²) in [6.07, 6.45) is 4.70. The summed E-state index contributed by atoms with van der Waals surface area (Å²) >= 11 is 0. The molecule has 25 heavy (non-hydrogen) atoms. The van der Waals surface area contributed by atoms with Gasteiger partial charge in [0.15, 0.2) is 0 Å². The smallest absolute Gasteiger partial charge is 0.409 e. The number of carbonyl (C=O) groups is 3. The number of carbonyl (C=O) groups excluding carboxylic acids is 3. The Hall–Kier alpha value is -1.79. The first-order valence-corrected chi connectivity index (χ1v) is 9.51. The van der Waals surface area contributed by atoms with Crippen LogP contribution in [0.15, 0.2) is 0 Å². The molecule has 1 heterocycles. The normalized spacial score (nSPS) is 29.4. The molecule has 7 heteroatoms. The first-order chi connectivity index (χ1) is 12.0. The minimum absolute atomic E-state index is 0.0487. The number of nitrogens with one attached hydrogen (secondary N) is 1. The van der Waals surface area contributed by atoms with Gasteiger partial charge < -0.3 is 19.9 Å². The molecule has 0 spiro atoms. The van der Waals surface area contributed by atoms with Gasteiger partial charge in [-0.3, -0.25) is 9.59 Å². The van der Waals surface area contributed by atoms with Crippen LogP contribution in [0.1, 0.15) is 39.5 Å². The molecule has 1 N–H and O–H groups in total. The molecule has 1 saturated heterocycles. The Kier molecular flexibility index (Phi) is 5.49. The average Bonchev–Trinajstić information content (AvgIpc) is 3.24. The van der Waals surface area contributed by atoms with Gasteiger partial charge in [-0.2, -0.15) is 0 Å². The van der Waals surface area contributed by atoms with Crippen molar-refractivity contribution < 1.29 is 19.1 Å². The van der Waals surface area contributed by atoms with Crippen molar-refractivity contribution in [2.75, 3.05) is 32.8 Å². The van der Waals surface area contributed by atoms with Crippen LogP contribution < -0.4 is 5.32 Å². The maximum Gasteiger partial charge on any atom is 0.409 e. The fourth-order valence-corrected chi connectivity index (χ4v) is 4.73. The third-order valence-electron chi connectivity index (χ3n) is 6.08. The molecule has 4 atom stereocenters. The third kappa shape index (κ3) is 3.90. The van der Waals surface area contributed by atoms with Gasteiger partial charge in [0.25, 0.3) is 0 Å². The zero-order valence-electron chi connectivity index (χ0n) is 15.2. The molecule has 0 aromatic rings. The van der Waals surface area contributed by atoms with Crippen LogP contribution in [0.2, 0.25) is 0 Å². The Morgan fingerprint density at radius 2 is 1.76 bits per heavy atom. The molecule has 3 fully saturated rings. The summed E-state index contributed by atoms with van der Waals surface area (Å²) in [5.74, 6) is 1.04. The third-order valence-corrected chi connectivity index (χ3v) is 6.08. The highest BCUT2D eigenvalue weighted by Crippen LogP contribution is 2.49. The van der Waals surface area contributed by atoms with Crippen molar-refractivity contribution in [3.63, 3.8) is 0 Å². The van der Waals surface area contributed by atoms with E-state index in [0.29, 0.717) is 44.6 Å². The van der Waals surface area contributed by atoms with E-state index in [0.717, 1.165) is 5.92 Å². The Bertz CT molecular complexity index is 530. The lowest BCUT2D eigenvalue weighted by molar-refractivity contribution is -0.147. The molecule has 2 saturated carbocycles. The quantitative estimate of drug-likeness (QED) is 0.776. The van der Waals surface area contributed by atoms with Gasteiger partial charge in [0.2, 0.25) is 0 Å². The second-order valence-electron chi connectivity index (χ2n) is 7.58. The molecular weight excluding hydrogens is 322 g/mol. The summed E-state index contributed by atoms with van der Waals surface area (Å²) in [6.45, 7) is 5.66. The Morgan fingerprint density at radius 1 is 1.08 bits per heavy atom. The number of ether oxygens (including phenoxy) is 1. The molecule has 0 aromatic carbocycles. The van der Waals surface area contributed by atoms with Gasteiger partial charge in [-0.25, -0.2) is 4.79 Å². The van der Waals surface area contributed by atoms with E-state index in [1.165, 1.54) is 30.6 Å². The summed E-state index contributed by atoms with van der Waals surface area (Å²) in [7, 11) is 0. The van der Waals surface area contributed by atoms with E-state index in [9.17, 15) is 14.4 Å². The van der Waals surface area contributed by atoms with Crippen LogP contribution in [-0.2, 0) is 14.3 Å². The summed E-state index contributed by atoms with van der Waals surface area (Å²) in [4.78, 5) is 39.5. The number of rotatable bonds is 3. The summed E-state index contributed by atoms with van der Waals surface area (Å²) in [5.41, 5.74) is 0. The Labute approximate surface area is 149 Å². The molecule has 140 valence electrons. The van der Waals surface area contributed by atoms with Crippen LogP contribution in [-0.4, -0.2) is 66.5 Å². The summed E-state index contributed by atoms with van der Waals surface area (Å²) < 4.78 is 4.96. The maximum absolute atomic E-state index is 12.4. The van der Waals surface area contributed by atoms with Crippen molar-refractivity contribution in [2.24, 2.45) is 17.8 Å². The van der Waals surface area contributed by atoms with Gasteiger partial charge in [-0.1, -0.05) is 6.42 Å². The predicted molar refractivity (Wildman–Crippen MR) is 91.7 cm³/mol. The zero-order chi connectivity index (χ0) is 18.0. The van der Waals surface area contributed by atoms with E-state index < -0.39 is 11.8 Å². The molecule has 2 aliphatic carbocycles. The highest BCUT2D eigenvalue weighted by Gasteiger charge is 2.42. The van der Waals surface area contributed by atoms with Crippen molar-refractivity contribution in [3.8, 4) is 0 Å². The lowest BCUT2D eigenvalue weighted by Gasteiger charge is -2.34. The van der Waals surface area contributed by atoms with Crippen molar-refractivity contribution in [3.05, 3.63) is 0 Å². The molecule has 3 amide bonds. The van der Waals surface area contributed by atoms with Gasteiger partial charge in [0.1, 0.15) is 0 Å². The maximum atomic E-state index is 12.4. The van der Waals surface area contributed by atoms with Gasteiger partial charge in [-0.15, -0.1) is 0 Å². The second kappa shape index (κ2) is 7.62. The highest BCUT2D eigenvalue weighted by atomic mass is 16.6. The van der Waals surface area contributed by atoms with Crippen molar-refractivity contribution in [1.29, 1.82) is 0 Å². The van der Waals surface area contributed by atoms with E-state index in [2.05, 4.69) is 5.32 Å². The fourth-order valence-electron chi connectivity index (χ4n) is 4.73. The lowest BCUT2D eigenvalue weighted by atomic mass is 9.84.